The van der Waals surface area contributed by atoms with E-state index < -0.39 is 0 Å². The molecule has 0 amide bonds. The lowest BCUT2D eigenvalue weighted by Crippen LogP contribution is -2.19. The van der Waals surface area contributed by atoms with E-state index in [1.165, 1.54) is 16.9 Å². The van der Waals surface area contributed by atoms with Crippen molar-refractivity contribution in [2.24, 2.45) is 0 Å². The summed E-state index contributed by atoms with van der Waals surface area (Å²) in [5.41, 5.74) is 3.23. The first-order valence-corrected chi connectivity index (χ1v) is 9.41. The van der Waals surface area contributed by atoms with Crippen LogP contribution in [0.15, 0.2) is 36.4 Å². The molecule has 0 aliphatic carbocycles. The summed E-state index contributed by atoms with van der Waals surface area (Å²) in [6, 6.07) is 12.4. The lowest BCUT2D eigenvalue weighted by molar-refractivity contribution is 0.308. The number of fused-ring (bicyclic) bond motifs is 1. The second-order valence-electron chi connectivity index (χ2n) is 6.74. The Morgan fingerprint density at radius 3 is 2.69 bits per heavy atom. The molecule has 7 nitrogen and oxygen atoms in total. The molecule has 3 heterocycles. The molecule has 0 unspecified atom stereocenters. The fraction of sp³-hybridized carbons (Fsp3) is 0.333. The monoisotopic (exact) mass is 367 g/mol. The molecular formula is C18H21N7S. The Kier molecular flexibility index (Phi) is 4.52. The van der Waals surface area contributed by atoms with Crippen molar-refractivity contribution in [2.45, 2.75) is 32.9 Å². The summed E-state index contributed by atoms with van der Waals surface area (Å²) in [5.74, 6) is 1.24. The molecule has 8 heteroatoms. The maximum Gasteiger partial charge on any atom is 0.235 e. The van der Waals surface area contributed by atoms with Crippen molar-refractivity contribution in [2.75, 3.05) is 7.05 Å². The minimum absolute atomic E-state index is 0.407. The zero-order valence-electron chi connectivity index (χ0n) is 15.0. The highest BCUT2D eigenvalue weighted by Gasteiger charge is 2.16. The van der Waals surface area contributed by atoms with E-state index in [4.69, 9.17) is 0 Å². The summed E-state index contributed by atoms with van der Waals surface area (Å²) in [4.78, 5) is 2.99. The van der Waals surface area contributed by atoms with Crippen LogP contribution in [-0.4, -0.2) is 42.0 Å². The number of aromatic amines is 1. The number of hydrogen-bond donors (Lipinski definition) is 1. The highest BCUT2D eigenvalue weighted by atomic mass is 32.1. The van der Waals surface area contributed by atoms with Crippen molar-refractivity contribution in [3.63, 3.8) is 0 Å². The lowest BCUT2D eigenvalue weighted by Gasteiger charge is -2.14. The molecule has 26 heavy (non-hydrogen) atoms. The van der Waals surface area contributed by atoms with Crippen LogP contribution in [0.2, 0.25) is 0 Å². The van der Waals surface area contributed by atoms with Crippen molar-refractivity contribution >= 4 is 16.3 Å². The number of hydrogen-bond acceptors (Lipinski definition) is 6. The van der Waals surface area contributed by atoms with Gasteiger partial charge in [-0.1, -0.05) is 55.5 Å². The SMILES string of the molecule is CC(C)c1cc(-c2nn3c(CN(C)Cc4ccccc4)nnc3s2)n[nH]1. The summed E-state index contributed by atoms with van der Waals surface area (Å²) < 4.78 is 1.82. The van der Waals surface area contributed by atoms with Gasteiger partial charge in [-0.25, -0.2) is 0 Å². The van der Waals surface area contributed by atoms with Crippen LogP contribution in [-0.2, 0) is 13.1 Å². The number of H-pyrrole nitrogens is 1. The average Bonchev–Trinajstić information content (AvgIpc) is 3.32. The first kappa shape index (κ1) is 16.9. The van der Waals surface area contributed by atoms with Crippen LogP contribution in [0, 0.1) is 0 Å². The Balaban J connectivity index is 1.54. The van der Waals surface area contributed by atoms with Gasteiger partial charge < -0.3 is 0 Å². The Bertz CT molecular complexity index is 999. The zero-order valence-corrected chi connectivity index (χ0v) is 15.9. The van der Waals surface area contributed by atoms with Crippen molar-refractivity contribution in [3.05, 3.63) is 53.5 Å². The standard InChI is InChI=1S/C18H21N7S/c1-12(2)14-9-15(20-19-14)17-23-25-16(21-22-18(25)26-17)11-24(3)10-13-7-5-4-6-8-13/h4-9,12H,10-11H2,1-3H3,(H,19,20). The first-order chi connectivity index (χ1) is 12.6. The molecule has 134 valence electrons. The lowest BCUT2D eigenvalue weighted by atomic mass is 10.1. The average molecular weight is 367 g/mol. The molecule has 0 fully saturated rings. The van der Waals surface area contributed by atoms with E-state index in [0.717, 1.165) is 33.7 Å². The first-order valence-electron chi connectivity index (χ1n) is 8.59. The van der Waals surface area contributed by atoms with Gasteiger partial charge in [-0.3, -0.25) is 10.00 Å². The molecule has 1 aromatic carbocycles. The molecule has 0 radical (unpaired) electrons. The number of nitrogens with zero attached hydrogens (tertiary/aromatic N) is 6. The highest BCUT2D eigenvalue weighted by Crippen LogP contribution is 2.26. The zero-order chi connectivity index (χ0) is 18.1. The molecule has 3 aromatic heterocycles. The third-order valence-corrected chi connectivity index (χ3v) is 5.12. The number of aromatic nitrogens is 6. The third-order valence-electron chi connectivity index (χ3n) is 4.20. The van der Waals surface area contributed by atoms with Gasteiger partial charge >= 0.3 is 0 Å². The number of nitrogens with one attached hydrogen (secondary N) is 1. The largest absolute Gasteiger partial charge is 0.295 e. The van der Waals surface area contributed by atoms with Gasteiger partial charge in [0.05, 0.1) is 6.54 Å². The molecular weight excluding hydrogens is 346 g/mol. The predicted molar refractivity (Wildman–Crippen MR) is 102 cm³/mol. The van der Waals surface area contributed by atoms with E-state index in [9.17, 15) is 0 Å². The normalized spacial score (nSPS) is 11.9. The summed E-state index contributed by atoms with van der Waals surface area (Å²) in [5, 5.41) is 21.6. The van der Waals surface area contributed by atoms with Gasteiger partial charge in [0.1, 0.15) is 5.69 Å². The molecule has 0 aliphatic rings. The van der Waals surface area contributed by atoms with Crippen LogP contribution in [0.1, 0.15) is 36.8 Å². The van der Waals surface area contributed by atoms with E-state index in [1.54, 1.807) is 0 Å². The van der Waals surface area contributed by atoms with Gasteiger partial charge in [-0.2, -0.15) is 14.7 Å². The van der Waals surface area contributed by atoms with Gasteiger partial charge in [-0.05, 0) is 24.6 Å². The minimum atomic E-state index is 0.407. The highest BCUT2D eigenvalue weighted by molar-refractivity contribution is 7.19. The van der Waals surface area contributed by atoms with E-state index in [2.05, 4.69) is 81.6 Å². The summed E-state index contributed by atoms with van der Waals surface area (Å²) >= 11 is 1.50. The number of benzene rings is 1. The van der Waals surface area contributed by atoms with E-state index in [-0.39, 0.29) is 0 Å². The summed E-state index contributed by atoms with van der Waals surface area (Å²) in [6.45, 7) is 5.80. The molecule has 0 spiro atoms. The van der Waals surface area contributed by atoms with Gasteiger partial charge in [0.15, 0.2) is 10.8 Å². The van der Waals surface area contributed by atoms with Crippen LogP contribution >= 0.6 is 11.3 Å². The topological polar surface area (TPSA) is 75.0 Å². The summed E-state index contributed by atoms with van der Waals surface area (Å²) in [6.07, 6.45) is 0. The molecule has 0 saturated heterocycles. The van der Waals surface area contributed by atoms with Crippen molar-refractivity contribution in [3.8, 4) is 10.7 Å². The van der Waals surface area contributed by atoms with Crippen LogP contribution in [0.5, 0.6) is 0 Å². The third kappa shape index (κ3) is 3.38. The fourth-order valence-corrected chi connectivity index (χ4v) is 3.61. The second kappa shape index (κ2) is 6.97. The van der Waals surface area contributed by atoms with Crippen LogP contribution in [0.3, 0.4) is 0 Å². The van der Waals surface area contributed by atoms with Gasteiger partial charge in [0, 0.05) is 12.2 Å². The van der Waals surface area contributed by atoms with Crippen LogP contribution in [0.4, 0.5) is 0 Å². The van der Waals surface area contributed by atoms with Crippen LogP contribution < -0.4 is 0 Å². The molecule has 0 bridgehead atoms. The van der Waals surface area contributed by atoms with E-state index in [0.29, 0.717) is 12.5 Å². The molecule has 4 aromatic rings. The molecule has 0 aliphatic heterocycles. The molecule has 1 N–H and O–H groups in total. The summed E-state index contributed by atoms with van der Waals surface area (Å²) in [7, 11) is 2.07. The quantitative estimate of drug-likeness (QED) is 0.566. The predicted octanol–water partition coefficient (Wildman–Crippen LogP) is 3.33. The van der Waals surface area contributed by atoms with Gasteiger partial charge in [0.2, 0.25) is 4.96 Å². The fourth-order valence-electron chi connectivity index (χ4n) is 2.79. The molecule has 0 saturated carbocycles. The maximum absolute atomic E-state index is 4.68. The minimum Gasteiger partial charge on any atom is -0.295 e. The van der Waals surface area contributed by atoms with Gasteiger partial charge in [0.25, 0.3) is 0 Å². The van der Waals surface area contributed by atoms with Crippen molar-refractivity contribution < 1.29 is 0 Å². The van der Waals surface area contributed by atoms with Gasteiger partial charge in [-0.15, -0.1) is 10.2 Å². The van der Waals surface area contributed by atoms with Crippen molar-refractivity contribution in [1.29, 1.82) is 0 Å². The smallest absolute Gasteiger partial charge is 0.235 e. The maximum atomic E-state index is 4.68. The van der Waals surface area contributed by atoms with E-state index in [1.807, 2.05) is 10.6 Å². The van der Waals surface area contributed by atoms with Crippen LogP contribution in [0.25, 0.3) is 15.7 Å². The van der Waals surface area contributed by atoms with Crippen molar-refractivity contribution in [1.82, 2.24) is 34.9 Å². The Labute approximate surface area is 155 Å². The Morgan fingerprint density at radius 1 is 1.15 bits per heavy atom. The second-order valence-corrected chi connectivity index (χ2v) is 7.69. The Morgan fingerprint density at radius 2 is 1.96 bits per heavy atom. The Hall–Kier alpha value is -2.58. The molecule has 4 rings (SSSR count). The number of rotatable bonds is 6. The molecule has 0 atom stereocenters. The van der Waals surface area contributed by atoms with E-state index >= 15 is 0 Å².